The number of aliphatic hydroxyl groups excluding tert-OH is 1. The second kappa shape index (κ2) is 12.0. The molecule has 4 rings (SSSR count). The number of allylic oxidation sites excluding steroid dienone is 1. The summed E-state index contributed by atoms with van der Waals surface area (Å²) in [5.41, 5.74) is 2.65. The predicted molar refractivity (Wildman–Crippen MR) is 151 cm³/mol. The Bertz CT molecular complexity index is 1000. The highest BCUT2D eigenvalue weighted by Gasteiger charge is 2.47. The van der Waals surface area contributed by atoms with Gasteiger partial charge in [-0.15, -0.1) is 0 Å². The zero-order valence-corrected chi connectivity index (χ0v) is 24.2. The van der Waals surface area contributed by atoms with Gasteiger partial charge in [0.15, 0.2) is 0 Å². The van der Waals surface area contributed by atoms with E-state index in [9.17, 15) is 15.0 Å². The van der Waals surface area contributed by atoms with Gasteiger partial charge in [-0.2, -0.15) is 0 Å². The number of nitrogens with zero attached hydrogens (tertiary/aromatic N) is 1. The third kappa shape index (κ3) is 6.39. The van der Waals surface area contributed by atoms with Gasteiger partial charge in [-0.05, 0) is 81.2 Å². The number of carbonyl (C=O) groups is 1. The zero-order valence-electron chi connectivity index (χ0n) is 24.2. The zero-order chi connectivity index (χ0) is 27.5. The molecule has 6 heteroatoms. The van der Waals surface area contributed by atoms with Gasteiger partial charge in [0.1, 0.15) is 23.2 Å². The lowest BCUT2D eigenvalue weighted by atomic mass is 9.66. The second-order valence-corrected chi connectivity index (χ2v) is 13.0. The number of ether oxygens (including phenoxy) is 2. The van der Waals surface area contributed by atoms with Crippen LogP contribution in [0.3, 0.4) is 0 Å². The molecule has 2 aliphatic heterocycles. The molecule has 1 aliphatic carbocycles. The highest BCUT2D eigenvalue weighted by Crippen LogP contribution is 2.55. The number of hydrogen-bond donors (Lipinski definition) is 2. The van der Waals surface area contributed by atoms with Crippen LogP contribution < -0.4 is 4.74 Å². The molecule has 1 saturated heterocycles. The third-order valence-electron chi connectivity index (χ3n) is 9.34. The van der Waals surface area contributed by atoms with Gasteiger partial charge in [0.25, 0.3) is 6.47 Å². The summed E-state index contributed by atoms with van der Waals surface area (Å²) in [6.07, 6.45) is 10.9. The number of carbonyl (C=O) groups excluding carboxylic acids is 1. The molecule has 3 aliphatic rings. The number of aromatic hydroxyl groups is 1. The maximum Gasteiger partial charge on any atom is 0.293 e. The monoisotopic (exact) mass is 527 g/mol. The van der Waals surface area contributed by atoms with Crippen LogP contribution in [-0.2, 0) is 14.9 Å². The summed E-state index contributed by atoms with van der Waals surface area (Å²) >= 11 is 0. The molecule has 0 aromatic heterocycles. The first-order chi connectivity index (χ1) is 18.1. The highest BCUT2D eigenvalue weighted by molar-refractivity contribution is 5.54. The summed E-state index contributed by atoms with van der Waals surface area (Å²) in [5.74, 6) is 1.45. The molecule has 1 aromatic rings. The third-order valence-corrected chi connectivity index (χ3v) is 9.34. The lowest BCUT2D eigenvalue weighted by Gasteiger charge is -2.48. The van der Waals surface area contributed by atoms with Crippen LogP contribution in [0.25, 0.3) is 0 Å². The molecule has 2 N–H and O–H groups in total. The van der Waals surface area contributed by atoms with E-state index < -0.39 is 6.10 Å². The molecule has 212 valence electrons. The van der Waals surface area contributed by atoms with Crippen LogP contribution in [0, 0.1) is 5.92 Å². The van der Waals surface area contributed by atoms with E-state index in [2.05, 4.69) is 51.7 Å². The smallest absolute Gasteiger partial charge is 0.293 e. The van der Waals surface area contributed by atoms with Crippen molar-refractivity contribution >= 4 is 6.47 Å². The first kappa shape index (κ1) is 28.9. The lowest BCUT2D eigenvalue weighted by Crippen LogP contribution is -2.47. The predicted octanol–water partition coefficient (Wildman–Crippen LogP) is 6.23. The molecule has 1 aromatic carbocycles. The van der Waals surface area contributed by atoms with E-state index in [0.29, 0.717) is 31.7 Å². The minimum Gasteiger partial charge on any atom is -0.508 e. The quantitative estimate of drug-likeness (QED) is 0.202. The van der Waals surface area contributed by atoms with Crippen LogP contribution in [0.4, 0.5) is 0 Å². The SMILES string of the molecule is CCCCCCC(C)(C)c1cc(O)c2c(c1)OC(C)(C)[C@@H]1CC=C(C(O)CN3CCCC(OC=O)C3)C[C@@H]21. The molecule has 6 nitrogen and oxygen atoms in total. The minimum absolute atomic E-state index is 0.0434. The summed E-state index contributed by atoms with van der Waals surface area (Å²) in [6, 6.07) is 4.13. The fraction of sp³-hybridized carbons (Fsp3) is 0.719. The van der Waals surface area contributed by atoms with Crippen LogP contribution in [0.2, 0.25) is 0 Å². The van der Waals surface area contributed by atoms with Gasteiger partial charge < -0.3 is 19.7 Å². The second-order valence-electron chi connectivity index (χ2n) is 13.0. The Hall–Kier alpha value is -2.05. The number of unbranched alkanes of at least 4 members (excludes halogenated alkanes) is 3. The summed E-state index contributed by atoms with van der Waals surface area (Å²) in [4.78, 5) is 13.0. The largest absolute Gasteiger partial charge is 0.508 e. The summed E-state index contributed by atoms with van der Waals surface area (Å²) in [5, 5.41) is 22.6. The van der Waals surface area contributed by atoms with Gasteiger partial charge in [-0.1, -0.05) is 52.5 Å². The van der Waals surface area contributed by atoms with E-state index in [0.717, 1.165) is 54.7 Å². The normalized spacial score (nSPS) is 25.9. The maximum absolute atomic E-state index is 11.4. The van der Waals surface area contributed by atoms with Crippen LogP contribution in [0.1, 0.15) is 109 Å². The van der Waals surface area contributed by atoms with Crippen molar-refractivity contribution in [2.45, 2.75) is 122 Å². The van der Waals surface area contributed by atoms with Gasteiger partial charge in [-0.3, -0.25) is 9.69 Å². The Balaban J connectivity index is 1.52. The van der Waals surface area contributed by atoms with E-state index in [1.807, 2.05) is 6.07 Å². The molecule has 0 saturated carbocycles. The van der Waals surface area contributed by atoms with Crippen molar-refractivity contribution in [2.75, 3.05) is 19.6 Å². The van der Waals surface area contributed by atoms with Crippen LogP contribution >= 0.6 is 0 Å². The minimum atomic E-state index is -0.580. The maximum atomic E-state index is 11.4. The van der Waals surface area contributed by atoms with E-state index in [1.54, 1.807) is 0 Å². The average molecular weight is 528 g/mol. The number of likely N-dealkylation sites (tertiary alicyclic amines) is 1. The fourth-order valence-electron chi connectivity index (χ4n) is 6.95. The Labute approximate surface area is 229 Å². The van der Waals surface area contributed by atoms with Crippen molar-refractivity contribution in [3.8, 4) is 11.5 Å². The Morgan fingerprint density at radius 1 is 1.26 bits per heavy atom. The summed E-state index contributed by atoms with van der Waals surface area (Å²) in [6.45, 7) is 13.7. The van der Waals surface area contributed by atoms with E-state index in [1.165, 1.54) is 25.7 Å². The molecule has 38 heavy (non-hydrogen) atoms. The van der Waals surface area contributed by atoms with Crippen molar-refractivity contribution in [1.29, 1.82) is 0 Å². The van der Waals surface area contributed by atoms with Gasteiger partial charge in [-0.25, -0.2) is 0 Å². The number of phenolic OH excluding ortho intramolecular Hbond substituents is 1. The average Bonchev–Trinajstić information content (AvgIpc) is 2.86. The molecule has 4 atom stereocenters. The van der Waals surface area contributed by atoms with E-state index in [4.69, 9.17) is 9.47 Å². The molecule has 1 fully saturated rings. The molecule has 0 bridgehead atoms. The molecular weight excluding hydrogens is 478 g/mol. The number of rotatable bonds is 11. The first-order valence-corrected chi connectivity index (χ1v) is 14.8. The number of benzene rings is 1. The van der Waals surface area contributed by atoms with Crippen molar-refractivity contribution in [3.63, 3.8) is 0 Å². The number of β-amino-alcohol motifs (C(OH)–C–C–N with tert-alkyl or cyclic N) is 1. The van der Waals surface area contributed by atoms with Gasteiger partial charge in [0, 0.05) is 30.5 Å². The summed E-state index contributed by atoms with van der Waals surface area (Å²) < 4.78 is 11.8. The fourth-order valence-corrected chi connectivity index (χ4v) is 6.95. The standard InChI is InChI=1S/C32H49NO5/c1-6-7-8-9-14-31(2,3)23-17-27(35)30-25-16-22(12-13-26(25)32(4,5)38-29(30)18-23)28(36)20-33-15-10-11-24(19-33)37-21-34/h12,17-18,21,24-26,28,35-36H,6-11,13-16,19-20H2,1-5H3/t24?,25-,26-,28?/m1/s1. The van der Waals surface area contributed by atoms with Crippen LogP contribution in [-0.4, -0.2) is 59.0 Å². The number of hydrogen-bond acceptors (Lipinski definition) is 6. The van der Waals surface area contributed by atoms with Gasteiger partial charge in [0.2, 0.25) is 0 Å². The van der Waals surface area contributed by atoms with Crippen LogP contribution in [0.15, 0.2) is 23.8 Å². The molecule has 2 unspecified atom stereocenters. The first-order valence-electron chi connectivity index (χ1n) is 14.8. The van der Waals surface area contributed by atoms with E-state index >= 15 is 0 Å². The van der Waals surface area contributed by atoms with Crippen LogP contribution in [0.5, 0.6) is 11.5 Å². The van der Waals surface area contributed by atoms with Crippen molar-refractivity contribution in [3.05, 3.63) is 34.9 Å². The van der Waals surface area contributed by atoms with Gasteiger partial charge in [0.05, 0.1) is 6.10 Å². The molecule has 2 heterocycles. The molecule has 0 radical (unpaired) electrons. The molecule has 0 spiro atoms. The number of phenols is 1. The molecule has 0 amide bonds. The topological polar surface area (TPSA) is 79.2 Å². The Morgan fingerprint density at radius 3 is 2.79 bits per heavy atom. The van der Waals surface area contributed by atoms with Crippen molar-refractivity contribution < 1.29 is 24.5 Å². The molecular formula is C32H49NO5. The lowest BCUT2D eigenvalue weighted by molar-refractivity contribution is -0.136. The highest BCUT2D eigenvalue weighted by atomic mass is 16.5. The summed E-state index contributed by atoms with van der Waals surface area (Å²) in [7, 11) is 0. The van der Waals surface area contributed by atoms with Crippen molar-refractivity contribution in [1.82, 2.24) is 4.90 Å². The Kier molecular flexibility index (Phi) is 9.14. The van der Waals surface area contributed by atoms with Gasteiger partial charge >= 0.3 is 0 Å². The van der Waals surface area contributed by atoms with Crippen molar-refractivity contribution in [2.24, 2.45) is 5.92 Å². The number of aliphatic hydroxyl groups is 1. The number of piperidine rings is 1. The van der Waals surface area contributed by atoms with E-state index in [-0.39, 0.29) is 29.0 Å². The number of fused-ring (bicyclic) bond motifs is 3. The Morgan fingerprint density at radius 2 is 2.05 bits per heavy atom.